The summed E-state index contributed by atoms with van der Waals surface area (Å²) in [6.45, 7) is 13.2. The molecule has 0 amide bonds. The Morgan fingerprint density at radius 3 is 2.03 bits per heavy atom. The largest absolute Gasteiger partial charge is 0.508 e. The maximum Gasteiger partial charge on any atom is 0.309 e. The number of benzene rings is 2. The lowest BCUT2D eigenvalue weighted by Crippen LogP contribution is -2.34. The highest BCUT2D eigenvalue weighted by atomic mass is 16.6. The van der Waals surface area contributed by atoms with Gasteiger partial charge in [-0.25, -0.2) is 0 Å². The molecule has 192 valence electrons. The van der Waals surface area contributed by atoms with Gasteiger partial charge in [0.05, 0.1) is 5.92 Å². The zero-order chi connectivity index (χ0) is 25.6. The molecule has 2 aromatic rings. The standard InChI is InChI=1S/C32H46O3/c1-7-24(30(34)35-32(8-2)19-9-10-20-32)22-27(21-23(3)25-13-17-29(33)18-14-25)26-11-15-28(16-12-26)31(4,5)6/h11-18,23-24,27,33H,7-10,19-22H2,1-6H3. The van der Waals surface area contributed by atoms with E-state index in [2.05, 4.69) is 65.8 Å². The predicted octanol–water partition coefficient (Wildman–Crippen LogP) is 8.65. The van der Waals surface area contributed by atoms with Gasteiger partial charge in [-0.3, -0.25) is 4.79 Å². The molecule has 0 saturated heterocycles. The lowest BCUT2D eigenvalue weighted by molar-refractivity contribution is -0.165. The van der Waals surface area contributed by atoms with E-state index in [-0.39, 0.29) is 28.8 Å². The maximum absolute atomic E-state index is 13.4. The van der Waals surface area contributed by atoms with Crippen LogP contribution >= 0.6 is 0 Å². The Bertz CT molecular complexity index is 930. The molecule has 1 aliphatic carbocycles. The Labute approximate surface area is 213 Å². The van der Waals surface area contributed by atoms with Gasteiger partial charge in [0.1, 0.15) is 11.4 Å². The van der Waals surface area contributed by atoms with Crippen LogP contribution in [-0.4, -0.2) is 16.7 Å². The molecule has 2 aromatic carbocycles. The molecule has 0 radical (unpaired) electrons. The summed E-state index contributed by atoms with van der Waals surface area (Å²) in [4.78, 5) is 13.4. The molecule has 1 fully saturated rings. The Hall–Kier alpha value is -2.29. The van der Waals surface area contributed by atoms with Crippen LogP contribution in [0.3, 0.4) is 0 Å². The van der Waals surface area contributed by atoms with E-state index in [1.54, 1.807) is 12.1 Å². The second-order valence-electron chi connectivity index (χ2n) is 11.8. The summed E-state index contributed by atoms with van der Waals surface area (Å²) in [5.74, 6) is 0.753. The number of ether oxygens (including phenoxy) is 1. The van der Waals surface area contributed by atoms with Crippen molar-refractivity contribution < 1.29 is 14.6 Å². The van der Waals surface area contributed by atoms with Crippen molar-refractivity contribution in [3.63, 3.8) is 0 Å². The summed E-state index contributed by atoms with van der Waals surface area (Å²) in [6.07, 6.45) is 7.76. The van der Waals surface area contributed by atoms with Gasteiger partial charge in [-0.05, 0) is 97.4 Å². The number of phenolic OH excluding ortho intramolecular Hbond substituents is 1. The maximum atomic E-state index is 13.4. The van der Waals surface area contributed by atoms with Crippen LogP contribution in [0.25, 0.3) is 0 Å². The second kappa shape index (κ2) is 11.6. The highest BCUT2D eigenvalue weighted by Crippen LogP contribution is 2.40. The van der Waals surface area contributed by atoms with E-state index >= 15 is 0 Å². The third kappa shape index (κ3) is 7.12. The number of hydrogen-bond donors (Lipinski definition) is 1. The fourth-order valence-corrected chi connectivity index (χ4v) is 5.61. The monoisotopic (exact) mass is 478 g/mol. The summed E-state index contributed by atoms with van der Waals surface area (Å²) < 4.78 is 6.24. The lowest BCUT2D eigenvalue weighted by atomic mass is 9.79. The average molecular weight is 479 g/mol. The normalized spacial score (nSPS) is 18.1. The molecule has 3 rings (SSSR count). The molecule has 3 atom stereocenters. The first-order chi connectivity index (χ1) is 16.6. The van der Waals surface area contributed by atoms with Crippen molar-refractivity contribution in [2.24, 2.45) is 5.92 Å². The summed E-state index contributed by atoms with van der Waals surface area (Å²) >= 11 is 0. The Morgan fingerprint density at radius 2 is 1.51 bits per heavy atom. The summed E-state index contributed by atoms with van der Waals surface area (Å²) in [5.41, 5.74) is 3.70. The molecular formula is C32H46O3. The molecule has 0 bridgehead atoms. The van der Waals surface area contributed by atoms with Gasteiger partial charge >= 0.3 is 5.97 Å². The van der Waals surface area contributed by atoms with E-state index in [0.29, 0.717) is 11.7 Å². The van der Waals surface area contributed by atoms with Gasteiger partial charge in [-0.1, -0.05) is 77.9 Å². The van der Waals surface area contributed by atoms with Crippen LogP contribution in [0.2, 0.25) is 0 Å². The predicted molar refractivity (Wildman–Crippen MR) is 145 cm³/mol. The number of phenols is 1. The van der Waals surface area contributed by atoms with Crippen molar-refractivity contribution in [2.45, 2.75) is 116 Å². The first kappa shape index (κ1) is 27.3. The molecule has 0 heterocycles. The minimum absolute atomic E-state index is 0.00940. The SMILES string of the molecule is CCC(CC(CC(C)c1ccc(O)cc1)c1ccc(C(C)(C)C)cc1)C(=O)OC1(CC)CCCC1. The average Bonchev–Trinajstić information content (AvgIpc) is 3.30. The van der Waals surface area contributed by atoms with E-state index in [1.807, 2.05) is 12.1 Å². The molecule has 1 N–H and O–H groups in total. The summed E-state index contributed by atoms with van der Waals surface area (Å²) in [7, 11) is 0. The van der Waals surface area contributed by atoms with Crippen LogP contribution in [0.4, 0.5) is 0 Å². The number of hydrogen-bond acceptors (Lipinski definition) is 3. The number of aromatic hydroxyl groups is 1. The van der Waals surface area contributed by atoms with Crippen LogP contribution in [0.5, 0.6) is 5.75 Å². The van der Waals surface area contributed by atoms with Gasteiger partial charge < -0.3 is 9.84 Å². The minimum Gasteiger partial charge on any atom is -0.508 e. The first-order valence-electron chi connectivity index (χ1n) is 13.7. The van der Waals surface area contributed by atoms with Crippen LogP contribution in [0, 0.1) is 5.92 Å². The lowest BCUT2D eigenvalue weighted by Gasteiger charge is -2.31. The van der Waals surface area contributed by atoms with Crippen molar-refractivity contribution in [1.82, 2.24) is 0 Å². The van der Waals surface area contributed by atoms with Crippen LogP contribution in [0.1, 0.15) is 121 Å². The van der Waals surface area contributed by atoms with Crippen LogP contribution < -0.4 is 0 Å². The Kier molecular flexibility index (Phi) is 9.07. The van der Waals surface area contributed by atoms with Crippen LogP contribution in [-0.2, 0) is 14.9 Å². The quantitative estimate of drug-likeness (QED) is 0.348. The van der Waals surface area contributed by atoms with Gasteiger partial charge in [0.2, 0.25) is 0 Å². The fourth-order valence-electron chi connectivity index (χ4n) is 5.61. The molecular weight excluding hydrogens is 432 g/mol. The number of carbonyl (C=O) groups excluding carboxylic acids is 1. The third-order valence-corrected chi connectivity index (χ3v) is 8.22. The molecule has 0 aliphatic heterocycles. The molecule has 1 saturated carbocycles. The first-order valence-corrected chi connectivity index (χ1v) is 13.7. The van der Waals surface area contributed by atoms with Gasteiger partial charge in [-0.2, -0.15) is 0 Å². The summed E-state index contributed by atoms with van der Waals surface area (Å²) in [6, 6.07) is 16.6. The van der Waals surface area contributed by atoms with Gasteiger partial charge in [0.15, 0.2) is 0 Å². The van der Waals surface area contributed by atoms with E-state index in [9.17, 15) is 9.90 Å². The van der Waals surface area contributed by atoms with Gasteiger partial charge in [0.25, 0.3) is 0 Å². The Balaban J connectivity index is 1.83. The van der Waals surface area contributed by atoms with Crippen molar-refractivity contribution in [3.05, 3.63) is 65.2 Å². The van der Waals surface area contributed by atoms with Crippen LogP contribution in [0.15, 0.2) is 48.5 Å². The Morgan fingerprint density at radius 1 is 0.943 bits per heavy atom. The van der Waals surface area contributed by atoms with Gasteiger partial charge in [-0.15, -0.1) is 0 Å². The van der Waals surface area contributed by atoms with E-state index < -0.39 is 0 Å². The van der Waals surface area contributed by atoms with E-state index in [1.165, 1.54) is 16.7 Å². The highest BCUT2D eigenvalue weighted by molar-refractivity contribution is 5.73. The fraction of sp³-hybridized carbons (Fsp3) is 0.594. The molecule has 3 nitrogen and oxygen atoms in total. The molecule has 0 aromatic heterocycles. The van der Waals surface area contributed by atoms with Gasteiger partial charge in [0, 0.05) is 0 Å². The molecule has 0 spiro atoms. The number of rotatable bonds is 10. The molecule has 1 aliphatic rings. The van der Waals surface area contributed by atoms with Crippen molar-refractivity contribution >= 4 is 5.97 Å². The van der Waals surface area contributed by atoms with E-state index in [0.717, 1.165) is 51.4 Å². The third-order valence-electron chi connectivity index (χ3n) is 8.22. The topological polar surface area (TPSA) is 46.5 Å². The highest BCUT2D eigenvalue weighted by Gasteiger charge is 2.38. The van der Waals surface area contributed by atoms with Crippen molar-refractivity contribution in [1.29, 1.82) is 0 Å². The number of carbonyl (C=O) groups is 1. The molecule has 3 heteroatoms. The van der Waals surface area contributed by atoms with Crippen molar-refractivity contribution in [3.8, 4) is 5.75 Å². The molecule has 3 unspecified atom stereocenters. The molecule has 35 heavy (non-hydrogen) atoms. The second-order valence-corrected chi connectivity index (χ2v) is 11.8. The number of esters is 1. The van der Waals surface area contributed by atoms with Crippen molar-refractivity contribution in [2.75, 3.05) is 0 Å². The smallest absolute Gasteiger partial charge is 0.309 e. The zero-order valence-electron chi connectivity index (χ0n) is 22.8. The minimum atomic E-state index is -0.242. The zero-order valence-corrected chi connectivity index (χ0v) is 22.8. The summed E-state index contributed by atoms with van der Waals surface area (Å²) in [5, 5.41) is 9.71. The van der Waals surface area contributed by atoms with E-state index in [4.69, 9.17) is 4.74 Å².